The quantitative estimate of drug-likeness (QED) is 0.203. The third kappa shape index (κ3) is 5.10. The molecule has 0 spiro atoms. The molecule has 1 N–H and O–H groups in total. The number of nitrogens with zero attached hydrogens (tertiary/aromatic N) is 3. The fourth-order valence-corrected chi connectivity index (χ4v) is 5.61. The molecule has 0 atom stereocenters. The Kier molecular flexibility index (Phi) is 7.35. The molecule has 1 aliphatic heterocycles. The van der Waals surface area contributed by atoms with Crippen LogP contribution in [0.1, 0.15) is 22.4 Å². The van der Waals surface area contributed by atoms with Gasteiger partial charge in [-0.25, -0.2) is 0 Å². The maximum atomic E-state index is 13.2. The summed E-state index contributed by atoms with van der Waals surface area (Å²) in [5.41, 5.74) is 4.78. The largest absolute Gasteiger partial charge is 0.340 e. The number of amides is 3. The monoisotopic (exact) mass is 632 g/mol. The Hall–Kier alpha value is -3.88. The Morgan fingerprint density at radius 3 is 2.53 bits per heavy atom. The number of anilines is 1. The second-order valence-electron chi connectivity index (χ2n) is 8.69. The highest BCUT2D eigenvalue weighted by molar-refractivity contribution is 14.1. The molecule has 1 aromatic heterocycles. The molecule has 0 aliphatic carbocycles. The molecule has 5 rings (SSSR count). The van der Waals surface area contributed by atoms with Gasteiger partial charge in [0.25, 0.3) is 11.1 Å². The standard InChI is InChI=1S/C29H21IN4O3S/c1-18-24(23-8-4-5-9-25(23)33(18)16-20-7-3-2-6-19(20)15-31)14-26-28(36)34(29(37)38-26)17-27(35)32-22-12-10-21(30)11-13-22/h2-14H,16-17H2,1H3,(H,32,35)/b26-14-. The molecule has 1 aliphatic rings. The van der Waals surface area contributed by atoms with Gasteiger partial charge in [0, 0.05) is 38.0 Å². The first-order valence-corrected chi connectivity index (χ1v) is 13.6. The highest BCUT2D eigenvalue weighted by Gasteiger charge is 2.36. The molecule has 2 heterocycles. The van der Waals surface area contributed by atoms with Crippen LogP contribution >= 0.6 is 34.4 Å². The van der Waals surface area contributed by atoms with E-state index >= 15 is 0 Å². The minimum absolute atomic E-state index is 0.264. The number of nitrogens with one attached hydrogen (secondary N) is 1. The van der Waals surface area contributed by atoms with Gasteiger partial charge in [-0.05, 0) is 89.3 Å². The number of benzene rings is 3. The first-order valence-electron chi connectivity index (χ1n) is 11.7. The molecule has 4 aromatic rings. The van der Waals surface area contributed by atoms with Gasteiger partial charge in [0.1, 0.15) is 6.54 Å². The summed E-state index contributed by atoms with van der Waals surface area (Å²) >= 11 is 3.00. The van der Waals surface area contributed by atoms with Crippen molar-refractivity contribution in [2.24, 2.45) is 0 Å². The lowest BCUT2D eigenvalue weighted by Gasteiger charge is -2.12. The molecule has 1 fully saturated rings. The molecule has 3 amide bonds. The van der Waals surface area contributed by atoms with Crippen molar-refractivity contribution in [2.45, 2.75) is 13.5 Å². The molecule has 0 unspecified atom stereocenters. The average molecular weight is 632 g/mol. The smallest absolute Gasteiger partial charge is 0.294 e. The SMILES string of the molecule is Cc1c(/C=C2\SC(=O)N(CC(=O)Nc3ccc(I)cc3)C2=O)c2ccccc2n1Cc1ccccc1C#N. The molecule has 0 radical (unpaired) electrons. The van der Waals surface area contributed by atoms with Crippen LogP contribution in [0.25, 0.3) is 17.0 Å². The number of para-hydroxylation sites is 1. The highest BCUT2D eigenvalue weighted by atomic mass is 127. The summed E-state index contributed by atoms with van der Waals surface area (Å²) in [6.07, 6.45) is 1.73. The van der Waals surface area contributed by atoms with Gasteiger partial charge in [-0.15, -0.1) is 0 Å². The Morgan fingerprint density at radius 1 is 1.05 bits per heavy atom. The second kappa shape index (κ2) is 10.8. The van der Waals surface area contributed by atoms with Crippen LogP contribution in [0.4, 0.5) is 10.5 Å². The zero-order valence-electron chi connectivity index (χ0n) is 20.3. The summed E-state index contributed by atoms with van der Waals surface area (Å²) in [5.74, 6) is -0.942. The zero-order valence-corrected chi connectivity index (χ0v) is 23.2. The summed E-state index contributed by atoms with van der Waals surface area (Å²) in [5, 5.41) is 12.7. The van der Waals surface area contributed by atoms with Gasteiger partial charge in [-0.3, -0.25) is 19.3 Å². The van der Waals surface area contributed by atoms with Crippen LogP contribution in [-0.4, -0.2) is 33.1 Å². The van der Waals surface area contributed by atoms with E-state index in [0.29, 0.717) is 17.8 Å². The lowest BCUT2D eigenvalue weighted by Crippen LogP contribution is -2.36. The van der Waals surface area contributed by atoms with Crippen LogP contribution in [0, 0.1) is 21.8 Å². The lowest BCUT2D eigenvalue weighted by atomic mass is 10.1. The molecule has 0 bridgehead atoms. The number of hydrogen-bond donors (Lipinski definition) is 1. The minimum Gasteiger partial charge on any atom is -0.340 e. The van der Waals surface area contributed by atoms with E-state index < -0.39 is 17.1 Å². The third-order valence-electron chi connectivity index (χ3n) is 6.32. The van der Waals surface area contributed by atoms with E-state index in [1.165, 1.54) is 0 Å². The van der Waals surface area contributed by atoms with Crippen LogP contribution in [-0.2, 0) is 16.1 Å². The number of nitriles is 1. The van der Waals surface area contributed by atoms with Crippen molar-refractivity contribution < 1.29 is 14.4 Å². The van der Waals surface area contributed by atoms with E-state index in [1.807, 2.05) is 61.5 Å². The van der Waals surface area contributed by atoms with Crippen LogP contribution in [0.2, 0.25) is 0 Å². The Morgan fingerprint density at radius 2 is 1.76 bits per heavy atom. The normalized spacial score (nSPS) is 14.3. The number of carbonyl (C=O) groups excluding carboxylic acids is 3. The molecule has 1 saturated heterocycles. The van der Waals surface area contributed by atoms with Crippen molar-refractivity contribution in [1.82, 2.24) is 9.47 Å². The number of rotatable bonds is 6. The van der Waals surface area contributed by atoms with Crippen LogP contribution in [0.3, 0.4) is 0 Å². The van der Waals surface area contributed by atoms with E-state index in [4.69, 9.17) is 0 Å². The molecule has 0 saturated carbocycles. The van der Waals surface area contributed by atoms with E-state index in [0.717, 1.165) is 48.0 Å². The van der Waals surface area contributed by atoms with Gasteiger partial charge in [-0.1, -0.05) is 36.4 Å². The third-order valence-corrected chi connectivity index (χ3v) is 7.95. The first kappa shape index (κ1) is 25.8. The molecular formula is C29H21IN4O3S. The van der Waals surface area contributed by atoms with E-state index in [9.17, 15) is 19.6 Å². The van der Waals surface area contributed by atoms with Crippen molar-refractivity contribution in [2.75, 3.05) is 11.9 Å². The Bertz CT molecular complexity index is 1670. The molecule has 188 valence electrons. The lowest BCUT2D eigenvalue weighted by molar-refractivity contribution is -0.127. The van der Waals surface area contributed by atoms with Gasteiger partial charge in [0.2, 0.25) is 5.91 Å². The van der Waals surface area contributed by atoms with Crippen LogP contribution in [0.5, 0.6) is 0 Å². The number of aromatic nitrogens is 1. The van der Waals surface area contributed by atoms with Gasteiger partial charge in [0.15, 0.2) is 0 Å². The van der Waals surface area contributed by atoms with Gasteiger partial charge in [-0.2, -0.15) is 5.26 Å². The van der Waals surface area contributed by atoms with Crippen LogP contribution in [0.15, 0.2) is 77.7 Å². The predicted molar refractivity (Wildman–Crippen MR) is 157 cm³/mol. The fraction of sp³-hybridized carbons (Fsp3) is 0.103. The maximum Gasteiger partial charge on any atom is 0.294 e. The summed E-state index contributed by atoms with van der Waals surface area (Å²) in [6, 6.07) is 24.8. The topological polar surface area (TPSA) is 95.2 Å². The summed E-state index contributed by atoms with van der Waals surface area (Å²) < 4.78 is 3.14. The molecule has 3 aromatic carbocycles. The van der Waals surface area contributed by atoms with E-state index in [1.54, 1.807) is 24.3 Å². The van der Waals surface area contributed by atoms with Crippen LogP contribution < -0.4 is 5.32 Å². The van der Waals surface area contributed by atoms with Crippen molar-refractivity contribution in [3.05, 3.63) is 104 Å². The second-order valence-corrected chi connectivity index (χ2v) is 10.9. The molecular weight excluding hydrogens is 611 g/mol. The van der Waals surface area contributed by atoms with E-state index in [2.05, 4.69) is 38.5 Å². The summed E-state index contributed by atoms with van der Waals surface area (Å²) in [4.78, 5) is 39.7. The number of carbonyl (C=O) groups is 3. The molecule has 38 heavy (non-hydrogen) atoms. The average Bonchev–Trinajstić information content (AvgIpc) is 3.33. The molecule has 7 nitrogen and oxygen atoms in total. The Labute approximate surface area is 237 Å². The summed E-state index contributed by atoms with van der Waals surface area (Å²) in [7, 11) is 0. The fourth-order valence-electron chi connectivity index (χ4n) is 4.43. The number of fused-ring (bicyclic) bond motifs is 1. The van der Waals surface area contributed by atoms with Gasteiger partial charge >= 0.3 is 0 Å². The highest BCUT2D eigenvalue weighted by Crippen LogP contribution is 2.36. The number of hydrogen-bond acceptors (Lipinski definition) is 5. The van der Waals surface area contributed by atoms with Crippen molar-refractivity contribution in [3.8, 4) is 6.07 Å². The summed E-state index contributed by atoms with van der Waals surface area (Å²) in [6.45, 7) is 2.09. The van der Waals surface area contributed by atoms with Gasteiger partial charge < -0.3 is 9.88 Å². The number of thioether (sulfide) groups is 1. The Balaban J connectivity index is 1.43. The van der Waals surface area contributed by atoms with Crippen molar-refractivity contribution in [3.63, 3.8) is 0 Å². The van der Waals surface area contributed by atoms with Crippen molar-refractivity contribution in [1.29, 1.82) is 5.26 Å². The number of halogens is 1. The van der Waals surface area contributed by atoms with Crippen molar-refractivity contribution >= 4 is 74.1 Å². The first-order chi connectivity index (χ1) is 18.4. The maximum absolute atomic E-state index is 13.2. The number of imide groups is 1. The molecule has 9 heteroatoms. The van der Waals surface area contributed by atoms with E-state index in [-0.39, 0.29) is 11.4 Å². The predicted octanol–water partition coefficient (Wildman–Crippen LogP) is 6.15. The minimum atomic E-state index is -0.496. The van der Waals surface area contributed by atoms with Gasteiger partial charge in [0.05, 0.1) is 16.5 Å². The zero-order chi connectivity index (χ0) is 26.8.